The lowest BCUT2D eigenvalue weighted by Crippen LogP contribution is -2.37. The number of nitrogens with one attached hydrogen (secondary N) is 3. The van der Waals surface area contributed by atoms with Crippen LogP contribution in [0.25, 0.3) is 10.9 Å². The molecule has 2 heterocycles. The fourth-order valence-corrected chi connectivity index (χ4v) is 2.92. The number of rotatable bonds is 5. The topological polar surface area (TPSA) is 57.1 Å². The number of hydrogen-bond acceptors (Lipinski definition) is 1. The van der Waals surface area contributed by atoms with Crippen LogP contribution < -0.4 is 10.6 Å². The van der Waals surface area contributed by atoms with E-state index in [2.05, 4.69) is 32.9 Å². The van der Waals surface area contributed by atoms with Gasteiger partial charge in [-0.1, -0.05) is 11.6 Å². The minimum absolute atomic E-state index is 0.753. The van der Waals surface area contributed by atoms with E-state index in [-0.39, 0.29) is 0 Å². The molecule has 5 nitrogen and oxygen atoms in total. The van der Waals surface area contributed by atoms with Gasteiger partial charge in [-0.15, -0.1) is 0 Å². The third kappa shape index (κ3) is 3.92. The number of aromatic amines is 1. The molecule has 0 fully saturated rings. The number of nitrogens with zero attached hydrogens (tertiary/aromatic N) is 2. The monoisotopic (exact) mass is 343 g/mol. The van der Waals surface area contributed by atoms with Crippen LogP contribution in [0.15, 0.2) is 47.8 Å². The van der Waals surface area contributed by atoms with Crippen LogP contribution >= 0.6 is 11.6 Å². The number of H-pyrrole nitrogens is 1. The first-order valence-corrected chi connectivity index (χ1v) is 8.34. The predicted octanol–water partition coefficient (Wildman–Crippen LogP) is 3.07. The number of hydrogen-bond donors (Lipinski definition) is 3. The Morgan fingerprint density at radius 3 is 2.92 bits per heavy atom. The number of guanidine groups is 1. The summed E-state index contributed by atoms with van der Waals surface area (Å²) in [6, 6.07) is 8.01. The maximum Gasteiger partial charge on any atom is 0.191 e. The second-order valence-electron chi connectivity index (χ2n) is 5.79. The summed E-state index contributed by atoms with van der Waals surface area (Å²) in [5, 5.41) is 8.61. The second-order valence-corrected chi connectivity index (χ2v) is 6.23. The van der Waals surface area contributed by atoms with Crippen LogP contribution in [0.5, 0.6) is 0 Å². The van der Waals surface area contributed by atoms with Gasteiger partial charge in [0.1, 0.15) is 0 Å². The smallest absolute Gasteiger partial charge is 0.191 e. The Kier molecular flexibility index (Phi) is 5.11. The molecule has 24 heavy (non-hydrogen) atoms. The summed E-state index contributed by atoms with van der Waals surface area (Å²) in [6.45, 7) is 1.55. The molecule has 0 unspecified atom stereocenters. The minimum atomic E-state index is 0.753. The lowest BCUT2D eigenvalue weighted by molar-refractivity contribution is 0.794. The van der Waals surface area contributed by atoms with E-state index in [4.69, 9.17) is 11.6 Å². The number of aliphatic imine (C=N–C) groups is 1. The van der Waals surface area contributed by atoms with Gasteiger partial charge in [0.25, 0.3) is 0 Å². The van der Waals surface area contributed by atoms with Crippen LogP contribution in [-0.4, -0.2) is 29.1 Å². The van der Waals surface area contributed by atoms with Crippen LogP contribution in [0, 0.1) is 0 Å². The van der Waals surface area contributed by atoms with Gasteiger partial charge in [-0.25, -0.2) is 0 Å². The molecule has 0 saturated heterocycles. The molecule has 3 N–H and O–H groups in total. The average Bonchev–Trinajstić information content (AvgIpc) is 3.17. The van der Waals surface area contributed by atoms with Crippen LogP contribution in [0.1, 0.15) is 11.1 Å². The largest absolute Gasteiger partial charge is 0.361 e. The first-order valence-electron chi connectivity index (χ1n) is 7.96. The minimum Gasteiger partial charge on any atom is -0.361 e. The van der Waals surface area contributed by atoms with Gasteiger partial charge < -0.3 is 20.2 Å². The van der Waals surface area contributed by atoms with E-state index in [9.17, 15) is 0 Å². The van der Waals surface area contributed by atoms with E-state index in [0.29, 0.717) is 0 Å². The molecule has 3 rings (SSSR count). The lowest BCUT2D eigenvalue weighted by atomic mass is 10.1. The highest BCUT2D eigenvalue weighted by molar-refractivity contribution is 6.31. The molecule has 0 amide bonds. The molecule has 126 valence electrons. The zero-order chi connectivity index (χ0) is 16.9. The molecule has 0 aliphatic heterocycles. The zero-order valence-electron chi connectivity index (χ0n) is 13.9. The normalized spacial score (nSPS) is 11.9. The van der Waals surface area contributed by atoms with E-state index < -0.39 is 0 Å². The number of benzene rings is 1. The standard InChI is InChI=1S/C18H22ClN5/c1-20-18(23-10-13-6-8-24(2)12-13)21-7-5-14-11-22-17-4-3-15(19)9-16(14)17/h3-4,6,8-9,11-12,22H,5,7,10H2,1-2H3,(H2,20,21,23). The SMILES string of the molecule is CN=C(NCCc1c[nH]c2ccc(Cl)cc12)NCc1ccn(C)c1. The van der Waals surface area contributed by atoms with Gasteiger partial charge in [-0.05, 0) is 41.8 Å². The van der Waals surface area contributed by atoms with Gasteiger partial charge in [0.05, 0.1) is 0 Å². The molecule has 3 aromatic rings. The second kappa shape index (κ2) is 7.45. The summed E-state index contributed by atoms with van der Waals surface area (Å²) in [4.78, 5) is 7.55. The number of aromatic nitrogens is 2. The molecule has 1 aromatic carbocycles. The molecule has 0 saturated carbocycles. The van der Waals surface area contributed by atoms with Crippen molar-refractivity contribution in [3.05, 3.63) is 59.0 Å². The van der Waals surface area contributed by atoms with Gasteiger partial charge in [0.15, 0.2) is 5.96 Å². The summed E-state index contributed by atoms with van der Waals surface area (Å²) in [5.41, 5.74) is 3.59. The van der Waals surface area contributed by atoms with Crippen molar-refractivity contribution in [1.82, 2.24) is 20.2 Å². The van der Waals surface area contributed by atoms with Gasteiger partial charge in [-0.2, -0.15) is 0 Å². The van der Waals surface area contributed by atoms with Crippen molar-refractivity contribution >= 4 is 28.5 Å². The van der Waals surface area contributed by atoms with Gasteiger partial charge in [0.2, 0.25) is 0 Å². The Morgan fingerprint density at radius 2 is 2.17 bits per heavy atom. The van der Waals surface area contributed by atoms with Crippen LogP contribution in [0.3, 0.4) is 0 Å². The van der Waals surface area contributed by atoms with Crippen LogP contribution in [0.4, 0.5) is 0 Å². The van der Waals surface area contributed by atoms with Crippen LogP contribution in [-0.2, 0) is 20.0 Å². The molecule has 2 aromatic heterocycles. The highest BCUT2D eigenvalue weighted by atomic mass is 35.5. The number of halogens is 1. The van der Waals surface area contributed by atoms with Crippen LogP contribution in [0.2, 0.25) is 5.02 Å². The molecular formula is C18H22ClN5. The summed E-state index contributed by atoms with van der Waals surface area (Å²) < 4.78 is 2.04. The van der Waals surface area contributed by atoms with Crippen molar-refractivity contribution in [3.63, 3.8) is 0 Å². The quantitative estimate of drug-likeness (QED) is 0.492. The van der Waals surface area contributed by atoms with Gasteiger partial charge >= 0.3 is 0 Å². The maximum absolute atomic E-state index is 6.10. The molecule has 0 spiro atoms. The Morgan fingerprint density at radius 1 is 1.29 bits per heavy atom. The molecule has 0 bridgehead atoms. The number of aryl methyl sites for hydroxylation is 1. The van der Waals surface area contributed by atoms with E-state index in [1.165, 1.54) is 16.5 Å². The number of fused-ring (bicyclic) bond motifs is 1. The summed E-state index contributed by atoms with van der Waals surface area (Å²) in [5.74, 6) is 0.803. The first-order chi connectivity index (χ1) is 11.7. The van der Waals surface area contributed by atoms with Gasteiger partial charge in [0, 0.05) is 61.7 Å². The maximum atomic E-state index is 6.10. The Labute approximate surface area is 146 Å². The zero-order valence-corrected chi connectivity index (χ0v) is 14.7. The molecular weight excluding hydrogens is 322 g/mol. The average molecular weight is 344 g/mol. The van der Waals surface area contributed by atoms with E-state index in [0.717, 1.165) is 36.0 Å². The van der Waals surface area contributed by atoms with Gasteiger partial charge in [-0.3, -0.25) is 4.99 Å². The fourth-order valence-electron chi connectivity index (χ4n) is 2.74. The Balaban J connectivity index is 1.53. The van der Waals surface area contributed by atoms with Crippen molar-refractivity contribution < 1.29 is 0 Å². The third-order valence-electron chi connectivity index (χ3n) is 3.99. The molecule has 0 radical (unpaired) electrons. The van der Waals surface area contributed by atoms with Crippen molar-refractivity contribution in [3.8, 4) is 0 Å². The van der Waals surface area contributed by atoms with Crippen molar-refractivity contribution in [2.24, 2.45) is 12.0 Å². The fraction of sp³-hybridized carbons (Fsp3) is 0.278. The lowest BCUT2D eigenvalue weighted by Gasteiger charge is -2.11. The van der Waals surface area contributed by atoms with E-state index in [1.807, 2.05) is 42.2 Å². The Hall–Kier alpha value is -2.40. The molecule has 6 heteroatoms. The third-order valence-corrected chi connectivity index (χ3v) is 4.23. The summed E-state index contributed by atoms with van der Waals surface area (Å²) in [7, 11) is 3.80. The first kappa shape index (κ1) is 16.5. The van der Waals surface area contributed by atoms with Crippen molar-refractivity contribution in [2.75, 3.05) is 13.6 Å². The highest BCUT2D eigenvalue weighted by Crippen LogP contribution is 2.22. The molecule has 0 aliphatic carbocycles. The van der Waals surface area contributed by atoms with E-state index >= 15 is 0 Å². The summed E-state index contributed by atoms with van der Waals surface area (Å²) in [6.07, 6.45) is 7.07. The Bertz CT molecular complexity index is 846. The molecule has 0 aliphatic rings. The predicted molar refractivity (Wildman–Crippen MR) is 101 cm³/mol. The van der Waals surface area contributed by atoms with E-state index in [1.54, 1.807) is 7.05 Å². The molecule has 0 atom stereocenters. The summed E-state index contributed by atoms with van der Waals surface area (Å²) >= 11 is 6.10. The van der Waals surface area contributed by atoms with Crippen molar-refractivity contribution in [1.29, 1.82) is 0 Å². The van der Waals surface area contributed by atoms with Crippen molar-refractivity contribution in [2.45, 2.75) is 13.0 Å². The highest BCUT2D eigenvalue weighted by Gasteiger charge is 2.05.